The quantitative estimate of drug-likeness (QED) is 0.745. The first-order valence-corrected chi connectivity index (χ1v) is 4.70. The van der Waals surface area contributed by atoms with Crippen LogP contribution in [0.25, 0.3) is 5.82 Å². The molecule has 6 nitrogen and oxygen atoms in total. The van der Waals surface area contributed by atoms with Gasteiger partial charge in [0.15, 0.2) is 5.82 Å². The van der Waals surface area contributed by atoms with Crippen LogP contribution in [0.15, 0.2) is 30.7 Å². The largest absolute Gasteiger partial charge is 0.366 e. The molecule has 0 aliphatic rings. The van der Waals surface area contributed by atoms with E-state index in [1.165, 1.54) is 17.1 Å². The highest BCUT2D eigenvalue weighted by Gasteiger charge is 2.06. The lowest BCUT2D eigenvalue weighted by atomic mass is 10.2. The van der Waals surface area contributed by atoms with Gasteiger partial charge in [-0.25, -0.2) is 9.67 Å². The minimum absolute atomic E-state index is 0.347. The molecule has 0 aromatic carbocycles. The third-order valence-electron chi connectivity index (χ3n) is 2.15. The van der Waals surface area contributed by atoms with E-state index in [-0.39, 0.29) is 0 Å². The summed E-state index contributed by atoms with van der Waals surface area (Å²) in [5.74, 6) is 0.0941. The zero-order valence-electron chi connectivity index (χ0n) is 8.50. The summed E-state index contributed by atoms with van der Waals surface area (Å²) in [6.07, 6.45) is 4.58. The summed E-state index contributed by atoms with van der Waals surface area (Å²) in [4.78, 5) is 15.0. The second kappa shape index (κ2) is 4.11. The van der Waals surface area contributed by atoms with Crippen LogP contribution in [0.1, 0.15) is 15.9 Å². The predicted octanol–water partition coefficient (Wildman–Crippen LogP) is -0.175. The van der Waals surface area contributed by atoms with Gasteiger partial charge in [-0.15, -0.1) is 0 Å². The highest BCUT2D eigenvalue weighted by molar-refractivity contribution is 5.92. The van der Waals surface area contributed by atoms with Crippen LogP contribution in [0.5, 0.6) is 0 Å². The van der Waals surface area contributed by atoms with Crippen molar-refractivity contribution in [3.05, 3.63) is 41.9 Å². The Morgan fingerprint density at radius 2 is 2.31 bits per heavy atom. The van der Waals surface area contributed by atoms with Gasteiger partial charge in [-0.2, -0.15) is 5.10 Å². The number of primary amides is 1. The number of hydrogen-bond donors (Lipinski definition) is 2. The minimum atomic E-state index is -0.513. The third kappa shape index (κ3) is 1.91. The number of carbonyl (C=O) groups is 1. The molecule has 0 bridgehead atoms. The monoisotopic (exact) mass is 217 g/mol. The van der Waals surface area contributed by atoms with Crippen LogP contribution in [-0.2, 0) is 6.54 Å². The number of amides is 1. The lowest BCUT2D eigenvalue weighted by Gasteiger charge is -2.01. The molecule has 16 heavy (non-hydrogen) atoms. The van der Waals surface area contributed by atoms with Crippen LogP contribution in [0.2, 0.25) is 0 Å². The molecule has 0 saturated heterocycles. The van der Waals surface area contributed by atoms with Gasteiger partial charge in [0.05, 0.1) is 11.8 Å². The molecular weight excluding hydrogens is 206 g/mol. The van der Waals surface area contributed by atoms with Crippen molar-refractivity contribution < 1.29 is 4.79 Å². The van der Waals surface area contributed by atoms with Crippen molar-refractivity contribution in [1.82, 2.24) is 14.8 Å². The lowest BCUT2D eigenvalue weighted by Crippen LogP contribution is -2.09. The highest BCUT2D eigenvalue weighted by Crippen LogP contribution is 2.07. The predicted molar refractivity (Wildman–Crippen MR) is 57.8 cm³/mol. The van der Waals surface area contributed by atoms with E-state index in [0.717, 1.165) is 5.56 Å². The molecule has 2 aromatic rings. The van der Waals surface area contributed by atoms with E-state index in [4.69, 9.17) is 11.5 Å². The molecule has 0 unspecified atom stereocenters. The minimum Gasteiger partial charge on any atom is -0.366 e. The molecule has 2 heterocycles. The molecule has 2 aromatic heterocycles. The second-order valence-electron chi connectivity index (χ2n) is 3.26. The van der Waals surface area contributed by atoms with E-state index >= 15 is 0 Å². The van der Waals surface area contributed by atoms with Gasteiger partial charge in [-0.3, -0.25) is 4.79 Å². The molecule has 0 aliphatic carbocycles. The fraction of sp³-hybridized carbons (Fsp3) is 0.100. The Hall–Kier alpha value is -2.21. The fourth-order valence-corrected chi connectivity index (χ4v) is 1.29. The van der Waals surface area contributed by atoms with Crippen molar-refractivity contribution in [3.8, 4) is 5.82 Å². The number of rotatable bonds is 3. The standard InChI is InChI=1S/C10H11N5O/c11-4-7-1-2-13-9(3-7)15-6-8(5-14-15)10(12)16/h1-3,5-6H,4,11H2,(H2,12,16). The van der Waals surface area contributed by atoms with Gasteiger partial charge in [-0.1, -0.05) is 0 Å². The second-order valence-corrected chi connectivity index (χ2v) is 3.26. The van der Waals surface area contributed by atoms with Crippen molar-refractivity contribution in [3.63, 3.8) is 0 Å². The molecule has 2 rings (SSSR count). The topological polar surface area (TPSA) is 99.8 Å². The summed E-state index contributed by atoms with van der Waals surface area (Å²) >= 11 is 0. The summed E-state index contributed by atoms with van der Waals surface area (Å²) in [6, 6.07) is 3.62. The molecule has 0 fully saturated rings. The van der Waals surface area contributed by atoms with Crippen LogP contribution in [-0.4, -0.2) is 20.7 Å². The van der Waals surface area contributed by atoms with Crippen molar-refractivity contribution in [2.24, 2.45) is 11.5 Å². The Balaban J connectivity index is 2.38. The van der Waals surface area contributed by atoms with Crippen LogP contribution in [0, 0.1) is 0 Å². The molecular formula is C10H11N5O. The summed E-state index contributed by atoms with van der Waals surface area (Å²) in [5.41, 5.74) is 11.9. The van der Waals surface area contributed by atoms with Crippen molar-refractivity contribution in [2.75, 3.05) is 0 Å². The average Bonchev–Trinajstić information content (AvgIpc) is 2.78. The molecule has 82 valence electrons. The Bertz CT molecular complexity index is 519. The maximum Gasteiger partial charge on any atom is 0.251 e. The number of nitrogens with two attached hydrogens (primary N) is 2. The van der Waals surface area contributed by atoms with Gasteiger partial charge in [0.1, 0.15) is 0 Å². The maximum atomic E-state index is 10.9. The zero-order chi connectivity index (χ0) is 11.5. The Labute approximate surface area is 91.9 Å². The highest BCUT2D eigenvalue weighted by atomic mass is 16.1. The number of carbonyl (C=O) groups excluding carboxylic acids is 1. The zero-order valence-corrected chi connectivity index (χ0v) is 8.50. The van der Waals surface area contributed by atoms with Crippen LogP contribution in [0.3, 0.4) is 0 Å². The molecule has 0 radical (unpaired) electrons. The summed E-state index contributed by atoms with van der Waals surface area (Å²) in [6.45, 7) is 0.430. The molecule has 0 spiro atoms. The Kier molecular flexibility index (Phi) is 2.65. The van der Waals surface area contributed by atoms with Crippen molar-refractivity contribution in [2.45, 2.75) is 6.54 Å². The SMILES string of the molecule is NCc1ccnc(-n2cc(C(N)=O)cn2)c1. The smallest absolute Gasteiger partial charge is 0.251 e. The van der Waals surface area contributed by atoms with Crippen LogP contribution < -0.4 is 11.5 Å². The summed E-state index contributed by atoms with van der Waals surface area (Å²) in [7, 11) is 0. The van der Waals surface area contributed by atoms with Crippen LogP contribution in [0.4, 0.5) is 0 Å². The van der Waals surface area contributed by atoms with Gasteiger partial charge in [-0.05, 0) is 17.7 Å². The first-order valence-electron chi connectivity index (χ1n) is 4.70. The van der Waals surface area contributed by atoms with E-state index in [1.54, 1.807) is 12.3 Å². The van der Waals surface area contributed by atoms with Gasteiger partial charge in [0.25, 0.3) is 5.91 Å². The van der Waals surface area contributed by atoms with E-state index in [9.17, 15) is 4.79 Å². The molecule has 0 aliphatic heterocycles. The summed E-state index contributed by atoms with van der Waals surface area (Å²) in [5, 5.41) is 4.00. The molecule has 4 N–H and O–H groups in total. The maximum absolute atomic E-state index is 10.9. The van der Waals surface area contributed by atoms with Crippen LogP contribution >= 0.6 is 0 Å². The van der Waals surface area contributed by atoms with E-state index in [2.05, 4.69) is 10.1 Å². The molecule has 0 saturated carbocycles. The van der Waals surface area contributed by atoms with Crippen molar-refractivity contribution >= 4 is 5.91 Å². The number of nitrogens with zero attached hydrogens (tertiary/aromatic N) is 3. The Morgan fingerprint density at radius 1 is 1.50 bits per heavy atom. The lowest BCUT2D eigenvalue weighted by molar-refractivity contribution is 0.100. The van der Waals surface area contributed by atoms with E-state index in [1.807, 2.05) is 6.07 Å². The molecule has 0 atom stereocenters. The summed E-state index contributed by atoms with van der Waals surface area (Å²) < 4.78 is 1.49. The van der Waals surface area contributed by atoms with E-state index < -0.39 is 5.91 Å². The van der Waals surface area contributed by atoms with Gasteiger partial charge >= 0.3 is 0 Å². The van der Waals surface area contributed by atoms with Gasteiger partial charge in [0, 0.05) is 18.9 Å². The number of hydrogen-bond acceptors (Lipinski definition) is 4. The normalized spacial score (nSPS) is 10.3. The van der Waals surface area contributed by atoms with Crippen molar-refractivity contribution in [1.29, 1.82) is 0 Å². The number of pyridine rings is 1. The Morgan fingerprint density at radius 3 is 2.94 bits per heavy atom. The van der Waals surface area contributed by atoms with Gasteiger partial charge in [0.2, 0.25) is 0 Å². The molecule has 1 amide bonds. The van der Waals surface area contributed by atoms with Gasteiger partial charge < -0.3 is 11.5 Å². The third-order valence-corrected chi connectivity index (χ3v) is 2.15. The first kappa shape index (κ1) is 10.3. The fourth-order valence-electron chi connectivity index (χ4n) is 1.29. The van der Waals surface area contributed by atoms with E-state index in [0.29, 0.717) is 17.9 Å². The molecule has 6 heteroatoms. The number of aromatic nitrogens is 3. The average molecular weight is 217 g/mol. The first-order chi connectivity index (χ1) is 7.70.